The molecule has 290 valence electrons. The monoisotopic (exact) mass is 804 g/mol. The normalized spacial score (nSPS) is 11.9. The number of benzene rings is 8. The third-order valence-electron chi connectivity index (χ3n) is 11.9. The molecule has 0 N–H and O–H groups in total. The molecule has 0 bridgehead atoms. The van der Waals surface area contributed by atoms with Gasteiger partial charge in [0.05, 0.1) is 11.4 Å². The van der Waals surface area contributed by atoms with Gasteiger partial charge in [-0.3, -0.25) is 0 Å². The largest absolute Gasteiger partial charge is 0.232 e. The van der Waals surface area contributed by atoms with E-state index in [1.807, 2.05) is 0 Å². The van der Waals surface area contributed by atoms with Gasteiger partial charge in [0.1, 0.15) is 0 Å². The van der Waals surface area contributed by atoms with Crippen molar-refractivity contribution in [1.82, 2.24) is 9.97 Å². The lowest BCUT2D eigenvalue weighted by Gasteiger charge is -2.34. The van der Waals surface area contributed by atoms with E-state index in [4.69, 9.17) is 9.97 Å². The predicted molar refractivity (Wildman–Crippen MR) is 259 cm³/mol. The molecule has 0 spiro atoms. The van der Waals surface area contributed by atoms with Crippen LogP contribution in [0.5, 0.6) is 0 Å². The molecular weight excluding hydrogens is 757 g/mol. The zero-order chi connectivity index (χ0) is 41.0. The van der Waals surface area contributed by atoms with Crippen LogP contribution < -0.4 is 41.5 Å². The second-order valence-corrected chi connectivity index (χ2v) is 24.2. The van der Waals surface area contributed by atoms with Gasteiger partial charge in [-0.25, -0.2) is 9.97 Å². The molecule has 9 rings (SSSR count). The lowest BCUT2D eigenvalue weighted by atomic mass is 9.90. The van der Waals surface area contributed by atoms with Gasteiger partial charge in [-0.2, -0.15) is 0 Å². The number of hydrogen-bond donors (Lipinski definition) is 0. The van der Waals surface area contributed by atoms with Crippen LogP contribution in [0.25, 0.3) is 22.6 Å². The topological polar surface area (TPSA) is 25.8 Å². The van der Waals surface area contributed by atoms with E-state index in [-0.39, 0.29) is 5.41 Å². The van der Waals surface area contributed by atoms with Crippen molar-refractivity contribution in [3.05, 3.63) is 242 Å². The highest BCUT2D eigenvalue weighted by Crippen LogP contribution is 2.29. The van der Waals surface area contributed by atoms with Gasteiger partial charge >= 0.3 is 0 Å². The third-order valence-corrected chi connectivity index (χ3v) is 21.4. The number of aromatic nitrogens is 2. The van der Waals surface area contributed by atoms with Crippen molar-refractivity contribution in [3.8, 4) is 22.6 Å². The van der Waals surface area contributed by atoms with Crippen molar-refractivity contribution < 1.29 is 0 Å². The summed E-state index contributed by atoms with van der Waals surface area (Å²) in [5, 5.41) is 10.7. The van der Waals surface area contributed by atoms with E-state index in [9.17, 15) is 0 Å². The quantitative estimate of drug-likeness (QED) is 0.104. The molecule has 0 radical (unpaired) electrons. The zero-order valence-corrected chi connectivity index (χ0v) is 36.4. The Bertz CT molecular complexity index is 2440. The van der Waals surface area contributed by atoms with Gasteiger partial charge < -0.3 is 0 Å². The number of rotatable bonds is 10. The van der Waals surface area contributed by atoms with Crippen LogP contribution in [0.2, 0.25) is 0 Å². The summed E-state index contributed by atoms with van der Waals surface area (Å²) in [4.78, 5) is 10.9. The highest BCUT2D eigenvalue weighted by Gasteiger charge is 2.43. The third kappa shape index (κ3) is 7.08. The van der Waals surface area contributed by atoms with Gasteiger partial charge in [0, 0.05) is 16.5 Å². The van der Waals surface area contributed by atoms with Crippen LogP contribution in [0, 0.1) is 0 Å². The summed E-state index contributed by atoms with van der Waals surface area (Å²) in [6.07, 6.45) is 0. The minimum Gasteiger partial charge on any atom is -0.232 e. The molecule has 0 saturated carbocycles. The molecule has 0 aliphatic rings. The van der Waals surface area contributed by atoms with Crippen LogP contribution in [-0.2, 0) is 5.41 Å². The van der Waals surface area contributed by atoms with Crippen molar-refractivity contribution in [2.75, 3.05) is 0 Å². The Morgan fingerprint density at radius 1 is 0.300 bits per heavy atom. The fraction of sp³-hybridized carbons (Fsp3) is 0.0714. The van der Waals surface area contributed by atoms with Gasteiger partial charge in [0.25, 0.3) is 0 Å². The Balaban J connectivity index is 1.26. The van der Waals surface area contributed by atoms with E-state index in [0.717, 1.165) is 28.3 Å². The first-order chi connectivity index (χ1) is 29.4. The van der Waals surface area contributed by atoms with Crippen LogP contribution in [0.1, 0.15) is 26.5 Å². The first-order valence-electron chi connectivity index (χ1n) is 20.8. The van der Waals surface area contributed by atoms with Crippen molar-refractivity contribution in [2.45, 2.75) is 26.2 Å². The smallest absolute Gasteiger partial charge is 0.179 e. The Labute approximate surface area is 357 Å². The Hall–Kier alpha value is -6.73. The molecule has 0 aliphatic carbocycles. The highest BCUT2D eigenvalue weighted by molar-refractivity contribution is 7.20. The maximum absolute atomic E-state index is 5.49. The molecule has 0 unspecified atom stereocenters. The maximum Gasteiger partial charge on any atom is 0.179 e. The Morgan fingerprint density at radius 3 is 0.933 bits per heavy atom. The molecule has 1 aromatic heterocycles. The minimum atomic E-state index is -2.77. The van der Waals surface area contributed by atoms with E-state index in [2.05, 4.69) is 257 Å². The molecule has 4 heteroatoms. The molecular formula is C56H48N2Si2. The van der Waals surface area contributed by atoms with E-state index in [1.165, 1.54) is 41.5 Å². The summed E-state index contributed by atoms with van der Waals surface area (Å²) in [5.74, 6) is 0.736. The first kappa shape index (κ1) is 38.8. The Morgan fingerprint density at radius 2 is 0.600 bits per heavy atom. The molecule has 60 heavy (non-hydrogen) atoms. The SMILES string of the molecule is CC(C)(C)c1cc(-c2cccc([Si](c3ccccc3)(c3ccccc3)c3ccccc3)c2)nc(-c2cccc([Si](c3ccccc3)(c3ccccc3)c3ccccc3)c2)n1. The van der Waals surface area contributed by atoms with E-state index < -0.39 is 16.1 Å². The molecule has 0 atom stereocenters. The summed E-state index contributed by atoms with van der Waals surface area (Å²) in [7, 11) is -5.52. The average Bonchev–Trinajstić information content (AvgIpc) is 3.31. The Kier molecular flexibility index (Phi) is 10.7. The predicted octanol–water partition coefficient (Wildman–Crippen LogP) is 7.86. The average molecular weight is 805 g/mol. The second-order valence-electron chi connectivity index (χ2n) is 16.6. The zero-order valence-electron chi connectivity index (χ0n) is 34.4. The fourth-order valence-electron chi connectivity index (χ4n) is 9.04. The van der Waals surface area contributed by atoms with E-state index in [0.29, 0.717) is 0 Å². The second kappa shape index (κ2) is 16.5. The lowest BCUT2D eigenvalue weighted by molar-refractivity contribution is 0.568. The summed E-state index contributed by atoms with van der Waals surface area (Å²) in [6, 6.07) is 87.0. The van der Waals surface area contributed by atoms with Gasteiger partial charge in [0.2, 0.25) is 0 Å². The molecule has 8 aromatic carbocycles. The summed E-state index contributed by atoms with van der Waals surface area (Å²) in [5.41, 5.74) is 3.81. The van der Waals surface area contributed by atoms with Crippen LogP contribution in [0.3, 0.4) is 0 Å². The highest BCUT2D eigenvalue weighted by atomic mass is 28.3. The summed E-state index contributed by atoms with van der Waals surface area (Å²) < 4.78 is 0. The van der Waals surface area contributed by atoms with Crippen LogP contribution in [0.15, 0.2) is 237 Å². The molecule has 0 fully saturated rings. The fourth-order valence-corrected chi connectivity index (χ4v) is 18.6. The number of hydrogen-bond acceptors (Lipinski definition) is 2. The van der Waals surface area contributed by atoms with Crippen molar-refractivity contribution in [2.24, 2.45) is 0 Å². The molecule has 2 nitrogen and oxygen atoms in total. The molecule has 1 heterocycles. The van der Waals surface area contributed by atoms with Gasteiger partial charge in [0.15, 0.2) is 22.0 Å². The van der Waals surface area contributed by atoms with Crippen molar-refractivity contribution in [1.29, 1.82) is 0 Å². The standard InChI is InChI=1S/C56H48N2Si2/c1-56(2,3)54-42-53(43-24-22-38-51(40-43)59(45-26-10-4-11-27-45,46-28-12-5-13-29-46)47-30-14-6-15-31-47)57-55(58-54)44-25-23-39-52(41-44)60(48-32-16-7-17-33-48,49-34-18-8-19-35-49)50-36-20-9-21-37-50/h4-42H,1-3H3. The molecule has 0 aliphatic heterocycles. The maximum atomic E-state index is 5.49. The molecule has 0 saturated heterocycles. The van der Waals surface area contributed by atoms with Crippen molar-refractivity contribution >= 4 is 57.6 Å². The molecule has 0 amide bonds. The van der Waals surface area contributed by atoms with Gasteiger partial charge in [-0.05, 0) is 47.6 Å². The first-order valence-corrected chi connectivity index (χ1v) is 24.8. The van der Waals surface area contributed by atoms with Crippen LogP contribution in [0.4, 0.5) is 0 Å². The van der Waals surface area contributed by atoms with Gasteiger partial charge in [-0.1, -0.05) is 251 Å². The molecule has 9 aromatic rings. The summed E-state index contributed by atoms with van der Waals surface area (Å²) in [6.45, 7) is 6.73. The van der Waals surface area contributed by atoms with Crippen LogP contribution >= 0.6 is 0 Å². The minimum absolute atomic E-state index is 0.213. The van der Waals surface area contributed by atoms with Crippen LogP contribution in [-0.4, -0.2) is 26.1 Å². The van der Waals surface area contributed by atoms with E-state index >= 15 is 0 Å². The lowest BCUT2D eigenvalue weighted by Crippen LogP contribution is -2.74. The van der Waals surface area contributed by atoms with Crippen molar-refractivity contribution in [3.63, 3.8) is 0 Å². The van der Waals surface area contributed by atoms with E-state index in [1.54, 1.807) is 0 Å². The summed E-state index contributed by atoms with van der Waals surface area (Å²) >= 11 is 0. The number of nitrogens with zero attached hydrogens (tertiary/aromatic N) is 2. The van der Waals surface area contributed by atoms with Gasteiger partial charge in [-0.15, -0.1) is 0 Å².